The zero-order valence-electron chi connectivity index (χ0n) is 19.7. The molecule has 0 amide bonds. The Bertz CT molecular complexity index is 1470. The normalized spacial score (nSPS) is 15.6. The van der Waals surface area contributed by atoms with Gasteiger partial charge in [0.25, 0.3) is 5.56 Å². The number of fused-ring (bicyclic) bond motifs is 1. The fourth-order valence-electron chi connectivity index (χ4n) is 4.06. The summed E-state index contributed by atoms with van der Waals surface area (Å²) in [5.74, 6) is 0.813. The van der Waals surface area contributed by atoms with E-state index < -0.39 is 12.0 Å². The molecule has 2 aromatic carbocycles. The van der Waals surface area contributed by atoms with E-state index in [1.165, 1.54) is 11.3 Å². The van der Waals surface area contributed by atoms with E-state index in [0.29, 0.717) is 31.9 Å². The van der Waals surface area contributed by atoms with Crippen LogP contribution in [-0.2, 0) is 9.53 Å². The van der Waals surface area contributed by atoms with Crippen LogP contribution in [0.5, 0.6) is 11.5 Å². The number of benzene rings is 2. The van der Waals surface area contributed by atoms with Gasteiger partial charge in [0.2, 0.25) is 0 Å². The molecule has 0 saturated carbocycles. The summed E-state index contributed by atoms with van der Waals surface area (Å²) in [6.45, 7) is 5.69. The van der Waals surface area contributed by atoms with Gasteiger partial charge in [-0.15, -0.1) is 0 Å². The van der Waals surface area contributed by atoms with Gasteiger partial charge in [-0.25, -0.2) is 9.79 Å². The number of methoxy groups -OCH3 is 2. The molecule has 4 rings (SSSR count). The molecular weight excluding hydrogens is 452 g/mol. The second kappa shape index (κ2) is 9.69. The van der Waals surface area contributed by atoms with Crippen LogP contribution in [-0.4, -0.2) is 31.4 Å². The Hall–Kier alpha value is -3.65. The number of aryl methyl sites for hydroxylation is 1. The quantitative estimate of drug-likeness (QED) is 0.509. The van der Waals surface area contributed by atoms with Crippen LogP contribution < -0.4 is 24.4 Å². The number of ether oxygens (including phenoxy) is 3. The summed E-state index contributed by atoms with van der Waals surface area (Å²) in [7, 11) is 3.18. The SMILES string of the molecule is CCOC(=O)C1=C(C)N=c2s/c(=C/c3ccc(C)c(OC)c3)c(=O)n2[C@H]1c1ccccc1OC. The van der Waals surface area contributed by atoms with E-state index in [9.17, 15) is 9.59 Å². The molecule has 3 aromatic rings. The maximum atomic E-state index is 13.7. The largest absolute Gasteiger partial charge is 0.496 e. The Morgan fingerprint density at radius 2 is 1.85 bits per heavy atom. The fourth-order valence-corrected chi connectivity index (χ4v) is 5.10. The van der Waals surface area contributed by atoms with E-state index >= 15 is 0 Å². The molecule has 1 atom stereocenters. The van der Waals surface area contributed by atoms with Gasteiger partial charge in [-0.2, -0.15) is 0 Å². The van der Waals surface area contributed by atoms with Crippen molar-refractivity contribution in [2.24, 2.45) is 4.99 Å². The summed E-state index contributed by atoms with van der Waals surface area (Å²) in [5, 5.41) is 0. The first-order valence-electron chi connectivity index (χ1n) is 10.9. The zero-order valence-corrected chi connectivity index (χ0v) is 20.6. The van der Waals surface area contributed by atoms with Crippen molar-refractivity contribution < 1.29 is 19.0 Å². The molecule has 0 fully saturated rings. The molecule has 8 heteroatoms. The van der Waals surface area contributed by atoms with Crippen molar-refractivity contribution in [3.05, 3.63) is 90.1 Å². The van der Waals surface area contributed by atoms with E-state index in [1.54, 1.807) is 32.6 Å². The number of para-hydroxylation sites is 1. The Labute approximate surface area is 201 Å². The van der Waals surface area contributed by atoms with Crippen LogP contribution in [0.15, 0.2) is 63.5 Å². The average Bonchev–Trinajstić information content (AvgIpc) is 3.13. The highest BCUT2D eigenvalue weighted by molar-refractivity contribution is 7.07. The molecule has 7 nitrogen and oxygen atoms in total. The summed E-state index contributed by atoms with van der Waals surface area (Å²) in [4.78, 5) is 31.8. The van der Waals surface area contributed by atoms with Gasteiger partial charge in [0.15, 0.2) is 4.80 Å². The predicted molar refractivity (Wildman–Crippen MR) is 131 cm³/mol. The second-order valence-electron chi connectivity index (χ2n) is 7.77. The number of hydrogen-bond donors (Lipinski definition) is 0. The minimum atomic E-state index is -0.721. The van der Waals surface area contributed by atoms with Crippen molar-refractivity contribution in [2.75, 3.05) is 20.8 Å². The van der Waals surface area contributed by atoms with Gasteiger partial charge < -0.3 is 14.2 Å². The molecule has 34 heavy (non-hydrogen) atoms. The molecule has 0 bridgehead atoms. The van der Waals surface area contributed by atoms with Crippen LogP contribution in [0.1, 0.15) is 36.6 Å². The summed E-state index contributed by atoms with van der Waals surface area (Å²) in [5.41, 5.74) is 3.12. The average molecular weight is 479 g/mol. The van der Waals surface area contributed by atoms with Crippen molar-refractivity contribution in [1.29, 1.82) is 0 Å². The Morgan fingerprint density at radius 3 is 2.56 bits per heavy atom. The Morgan fingerprint density at radius 1 is 1.12 bits per heavy atom. The number of nitrogens with zero attached hydrogens (tertiary/aromatic N) is 2. The van der Waals surface area contributed by atoms with Crippen LogP contribution in [0.2, 0.25) is 0 Å². The van der Waals surface area contributed by atoms with Crippen LogP contribution >= 0.6 is 11.3 Å². The number of esters is 1. The molecule has 0 saturated heterocycles. The molecular formula is C26H26N2O5S. The van der Waals surface area contributed by atoms with Crippen LogP contribution in [0, 0.1) is 6.92 Å². The lowest BCUT2D eigenvalue weighted by Gasteiger charge is -2.25. The standard InChI is InChI=1S/C26H26N2O5S/c1-6-33-25(30)22-16(3)27-26-28(23(22)18-9-7-8-10-19(18)31-4)24(29)21(34-26)14-17-12-11-15(2)20(13-17)32-5/h7-14,23H,6H2,1-5H3/b21-14+/t23-/m0/s1. The highest BCUT2D eigenvalue weighted by atomic mass is 32.1. The highest BCUT2D eigenvalue weighted by Crippen LogP contribution is 2.35. The smallest absolute Gasteiger partial charge is 0.338 e. The van der Waals surface area contributed by atoms with Gasteiger partial charge in [0, 0.05) is 5.56 Å². The van der Waals surface area contributed by atoms with Gasteiger partial charge in [-0.1, -0.05) is 41.7 Å². The lowest BCUT2D eigenvalue weighted by atomic mass is 9.95. The van der Waals surface area contributed by atoms with Crippen molar-refractivity contribution in [3.8, 4) is 11.5 Å². The monoisotopic (exact) mass is 478 g/mol. The Balaban J connectivity index is 1.97. The molecule has 0 spiro atoms. The zero-order chi connectivity index (χ0) is 24.4. The number of hydrogen-bond acceptors (Lipinski definition) is 7. The first kappa shape index (κ1) is 23.5. The minimum Gasteiger partial charge on any atom is -0.496 e. The molecule has 0 radical (unpaired) electrons. The lowest BCUT2D eigenvalue weighted by molar-refractivity contribution is -0.139. The summed E-state index contributed by atoms with van der Waals surface area (Å²) < 4.78 is 18.4. The van der Waals surface area contributed by atoms with Gasteiger partial charge in [0.1, 0.15) is 17.5 Å². The van der Waals surface area contributed by atoms with E-state index in [2.05, 4.69) is 4.99 Å². The highest BCUT2D eigenvalue weighted by Gasteiger charge is 2.34. The number of aromatic nitrogens is 1. The summed E-state index contributed by atoms with van der Waals surface area (Å²) >= 11 is 1.28. The molecule has 1 aromatic heterocycles. The maximum absolute atomic E-state index is 13.7. The van der Waals surface area contributed by atoms with Crippen molar-refractivity contribution in [3.63, 3.8) is 0 Å². The van der Waals surface area contributed by atoms with Crippen LogP contribution in [0.3, 0.4) is 0 Å². The third-order valence-electron chi connectivity index (χ3n) is 5.68. The van der Waals surface area contributed by atoms with Crippen molar-refractivity contribution in [1.82, 2.24) is 4.57 Å². The van der Waals surface area contributed by atoms with Crippen LogP contribution in [0.4, 0.5) is 0 Å². The number of allylic oxidation sites excluding steroid dienone is 1. The second-order valence-corrected chi connectivity index (χ2v) is 8.78. The van der Waals surface area contributed by atoms with Crippen LogP contribution in [0.25, 0.3) is 6.08 Å². The number of carbonyl (C=O) groups is 1. The minimum absolute atomic E-state index is 0.216. The number of rotatable bonds is 6. The van der Waals surface area contributed by atoms with Crippen molar-refractivity contribution >= 4 is 23.4 Å². The van der Waals surface area contributed by atoms with Gasteiger partial charge in [0.05, 0.1) is 36.6 Å². The Kier molecular flexibility index (Phi) is 6.70. The molecule has 0 unspecified atom stereocenters. The molecule has 0 N–H and O–H groups in total. The third-order valence-corrected chi connectivity index (χ3v) is 6.66. The number of thiazole rings is 1. The van der Waals surface area contributed by atoms with E-state index in [4.69, 9.17) is 14.2 Å². The summed E-state index contributed by atoms with van der Waals surface area (Å²) in [6.07, 6.45) is 1.81. The number of carbonyl (C=O) groups excluding carboxylic acids is 1. The molecule has 2 heterocycles. The van der Waals surface area contributed by atoms with Gasteiger partial charge in [-0.3, -0.25) is 9.36 Å². The lowest BCUT2D eigenvalue weighted by Crippen LogP contribution is -2.40. The predicted octanol–water partition coefficient (Wildman–Crippen LogP) is 3.12. The fraction of sp³-hybridized carbons (Fsp3) is 0.269. The molecule has 0 aliphatic carbocycles. The topological polar surface area (TPSA) is 79.1 Å². The van der Waals surface area contributed by atoms with E-state index in [-0.39, 0.29) is 12.2 Å². The maximum Gasteiger partial charge on any atom is 0.338 e. The van der Waals surface area contributed by atoms with E-state index in [0.717, 1.165) is 16.9 Å². The third kappa shape index (κ3) is 4.17. The van der Waals surface area contributed by atoms with E-state index in [1.807, 2.05) is 55.5 Å². The molecule has 1 aliphatic heterocycles. The molecule has 176 valence electrons. The summed E-state index contributed by atoms with van der Waals surface area (Å²) in [6, 6.07) is 12.4. The first-order valence-corrected chi connectivity index (χ1v) is 11.7. The first-order chi connectivity index (χ1) is 16.4. The van der Waals surface area contributed by atoms with Gasteiger partial charge >= 0.3 is 5.97 Å². The molecule has 1 aliphatic rings. The van der Waals surface area contributed by atoms with Gasteiger partial charge in [-0.05, 0) is 50.1 Å². The van der Waals surface area contributed by atoms with Crippen molar-refractivity contribution in [2.45, 2.75) is 26.8 Å².